The van der Waals surface area contributed by atoms with E-state index in [-0.39, 0.29) is 18.4 Å². The first kappa shape index (κ1) is 22.7. The molecule has 1 fully saturated rings. The van der Waals surface area contributed by atoms with Gasteiger partial charge in [-0.15, -0.1) is 0 Å². The lowest BCUT2D eigenvalue weighted by Gasteiger charge is -2.27. The molecule has 2 amide bonds. The first-order chi connectivity index (χ1) is 16.2. The SMILES string of the molecule is O=C(CNC(=O)c1ccc(-c2ccccc2)cc1)NCc1ccccc1CN1CCCCC1. The van der Waals surface area contributed by atoms with Gasteiger partial charge in [0.1, 0.15) is 0 Å². The molecule has 2 N–H and O–H groups in total. The molecule has 170 valence electrons. The number of likely N-dealkylation sites (tertiary alicyclic amines) is 1. The molecular weight excluding hydrogens is 410 g/mol. The van der Waals surface area contributed by atoms with Crippen molar-refractivity contribution in [1.82, 2.24) is 15.5 Å². The van der Waals surface area contributed by atoms with E-state index in [1.54, 1.807) is 12.1 Å². The van der Waals surface area contributed by atoms with Crippen molar-refractivity contribution in [2.45, 2.75) is 32.4 Å². The van der Waals surface area contributed by atoms with Crippen LogP contribution < -0.4 is 10.6 Å². The molecule has 0 atom stereocenters. The molecule has 1 heterocycles. The number of amides is 2. The van der Waals surface area contributed by atoms with Gasteiger partial charge in [-0.1, -0.05) is 73.2 Å². The molecule has 5 nitrogen and oxygen atoms in total. The molecule has 1 saturated heterocycles. The van der Waals surface area contributed by atoms with Crippen molar-refractivity contribution >= 4 is 11.8 Å². The van der Waals surface area contributed by atoms with Gasteiger partial charge < -0.3 is 10.6 Å². The van der Waals surface area contributed by atoms with Crippen molar-refractivity contribution in [3.63, 3.8) is 0 Å². The van der Waals surface area contributed by atoms with Crippen molar-refractivity contribution in [3.8, 4) is 11.1 Å². The maximum absolute atomic E-state index is 12.5. The Hall–Kier alpha value is -3.44. The zero-order valence-electron chi connectivity index (χ0n) is 18.9. The predicted octanol–water partition coefficient (Wildman–Crippen LogP) is 4.39. The number of hydrogen-bond acceptors (Lipinski definition) is 3. The van der Waals surface area contributed by atoms with Gasteiger partial charge in [-0.05, 0) is 60.3 Å². The van der Waals surface area contributed by atoms with E-state index in [0.717, 1.165) is 36.3 Å². The topological polar surface area (TPSA) is 61.4 Å². The third-order valence-electron chi connectivity index (χ3n) is 6.10. The molecule has 0 aliphatic carbocycles. The standard InChI is InChI=1S/C28H31N3O2/c32-27(29-19-25-11-5-6-12-26(25)21-31-17-7-2-8-18-31)20-30-28(33)24-15-13-23(14-16-24)22-9-3-1-4-10-22/h1,3-6,9-16H,2,7-8,17-21H2,(H,29,32)(H,30,33). The Bertz CT molecular complexity index is 1060. The van der Waals surface area contributed by atoms with Crippen molar-refractivity contribution in [1.29, 1.82) is 0 Å². The molecule has 0 unspecified atom stereocenters. The van der Waals surface area contributed by atoms with E-state index in [9.17, 15) is 9.59 Å². The van der Waals surface area contributed by atoms with Gasteiger partial charge in [0, 0.05) is 18.7 Å². The maximum atomic E-state index is 12.5. The largest absolute Gasteiger partial charge is 0.350 e. The van der Waals surface area contributed by atoms with Crippen LogP contribution >= 0.6 is 0 Å². The van der Waals surface area contributed by atoms with Gasteiger partial charge >= 0.3 is 0 Å². The Kier molecular flexibility index (Phi) is 7.88. The molecule has 1 aliphatic heterocycles. The molecule has 0 saturated carbocycles. The lowest BCUT2D eigenvalue weighted by atomic mass is 10.0. The lowest BCUT2D eigenvalue weighted by Crippen LogP contribution is -2.37. The van der Waals surface area contributed by atoms with Crippen molar-refractivity contribution in [3.05, 3.63) is 95.6 Å². The summed E-state index contributed by atoms with van der Waals surface area (Å²) in [7, 11) is 0. The van der Waals surface area contributed by atoms with Crippen LogP contribution in [0.4, 0.5) is 0 Å². The summed E-state index contributed by atoms with van der Waals surface area (Å²) in [5.74, 6) is -0.452. The van der Waals surface area contributed by atoms with Gasteiger partial charge in [-0.25, -0.2) is 0 Å². The highest BCUT2D eigenvalue weighted by Crippen LogP contribution is 2.19. The quantitative estimate of drug-likeness (QED) is 0.545. The Balaban J connectivity index is 1.25. The van der Waals surface area contributed by atoms with Crippen LogP contribution in [0.3, 0.4) is 0 Å². The third-order valence-corrected chi connectivity index (χ3v) is 6.10. The van der Waals surface area contributed by atoms with Gasteiger partial charge in [0.05, 0.1) is 6.54 Å². The molecule has 4 rings (SSSR count). The van der Waals surface area contributed by atoms with E-state index >= 15 is 0 Å². The fraction of sp³-hybridized carbons (Fsp3) is 0.286. The van der Waals surface area contributed by atoms with Gasteiger partial charge in [-0.3, -0.25) is 14.5 Å². The van der Waals surface area contributed by atoms with Crippen LogP contribution in [-0.2, 0) is 17.9 Å². The van der Waals surface area contributed by atoms with Crippen molar-refractivity contribution in [2.75, 3.05) is 19.6 Å². The van der Waals surface area contributed by atoms with E-state index in [4.69, 9.17) is 0 Å². The average Bonchev–Trinajstić information content (AvgIpc) is 2.88. The Labute approximate surface area is 195 Å². The van der Waals surface area contributed by atoms with Gasteiger partial charge in [0.15, 0.2) is 0 Å². The minimum atomic E-state index is -0.254. The smallest absolute Gasteiger partial charge is 0.251 e. The molecule has 3 aromatic carbocycles. The molecule has 1 aliphatic rings. The van der Waals surface area contributed by atoms with Crippen molar-refractivity contribution < 1.29 is 9.59 Å². The molecule has 0 spiro atoms. The van der Waals surface area contributed by atoms with Gasteiger partial charge in [0.25, 0.3) is 5.91 Å². The van der Waals surface area contributed by atoms with E-state index in [2.05, 4.69) is 27.7 Å². The third kappa shape index (κ3) is 6.53. The average molecular weight is 442 g/mol. The summed E-state index contributed by atoms with van der Waals surface area (Å²) in [6.07, 6.45) is 3.83. The molecule has 33 heavy (non-hydrogen) atoms. The number of carbonyl (C=O) groups excluding carboxylic acids is 2. The number of carbonyl (C=O) groups is 2. The monoisotopic (exact) mass is 441 g/mol. The summed E-state index contributed by atoms with van der Waals surface area (Å²) in [6.45, 7) is 3.61. The maximum Gasteiger partial charge on any atom is 0.251 e. The lowest BCUT2D eigenvalue weighted by molar-refractivity contribution is -0.120. The Morgan fingerprint density at radius 2 is 1.33 bits per heavy atom. The highest BCUT2D eigenvalue weighted by molar-refractivity contribution is 5.96. The summed E-state index contributed by atoms with van der Waals surface area (Å²) in [5.41, 5.74) is 5.06. The highest BCUT2D eigenvalue weighted by atomic mass is 16.2. The van der Waals surface area contributed by atoms with Crippen LogP contribution in [0.25, 0.3) is 11.1 Å². The highest BCUT2D eigenvalue weighted by Gasteiger charge is 2.13. The fourth-order valence-corrected chi connectivity index (χ4v) is 4.21. The van der Waals surface area contributed by atoms with Crippen LogP contribution in [-0.4, -0.2) is 36.3 Å². The van der Waals surface area contributed by atoms with Crippen molar-refractivity contribution in [2.24, 2.45) is 0 Å². The number of benzene rings is 3. The van der Waals surface area contributed by atoms with Gasteiger partial charge in [0.2, 0.25) is 5.91 Å². The minimum absolute atomic E-state index is 0.0481. The first-order valence-electron chi connectivity index (χ1n) is 11.7. The number of piperidine rings is 1. The molecular formula is C28H31N3O2. The number of nitrogens with zero attached hydrogens (tertiary/aromatic N) is 1. The molecule has 0 bridgehead atoms. The summed E-state index contributed by atoms with van der Waals surface area (Å²) in [5, 5.41) is 5.66. The van der Waals surface area contributed by atoms with Crippen LogP contribution in [0.15, 0.2) is 78.9 Å². The minimum Gasteiger partial charge on any atom is -0.350 e. The summed E-state index contributed by atoms with van der Waals surface area (Å²) < 4.78 is 0. The molecule has 0 aromatic heterocycles. The second kappa shape index (κ2) is 11.4. The molecule has 0 radical (unpaired) electrons. The van der Waals surface area contributed by atoms with Crippen LogP contribution in [0, 0.1) is 0 Å². The van der Waals surface area contributed by atoms with Crippen LogP contribution in [0.1, 0.15) is 40.7 Å². The van der Waals surface area contributed by atoms with E-state index < -0.39 is 0 Å². The number of rotatable bonds is 8. The zero-order chi connectivity index (χ0) is 22.9. The Morgan fingerprint density at radius 1 is 0.697 bits per heavy atom. The Morgan fingerprint density at radius 3 is 2.06 bits per heavy atom. The van der Waals surface area contributed by atoms with Crippen LogP contribution in [0.5, 0.6) is 0 Å². The van der Waals surface area contributed by atoms with E-state index in [0.29, 0.717) is 12.1 Å². The summed E-state index contributed by atoms with van der Waals surface area (Å²) in [4.78, 5) is 27.3. The first-order valence-corrected chi connectivity index (χ1v) is 11.7. The fourth-order valence-electron chi connectivity index (χ4n) is 4.21. The normalized spacial score (nSPS) is 13.9. The molecule has 5 heteroatoms. The summed E-state index contributed by atoms with van der Waals surface area (Å²) in [6, 6.07) is 25.7. The van der Waals surface area contributed by atoms with E-state index in [1.165, 1.54) is 24.8 Å². The predicted molar refractivity (Wildman–Crippen MR) is 132 cm³/mol. The number of nitrogens with one attached hydrogen (secondary N) is 2. The zero-order valence-corrected chi connectivity index (χ0v) is 18.9. The van der Waals surface area contributed by atoms with Gasteiger partial charge in [-0.2, -0.15) is 0 Å². The summed E-state index contributed by atoms with van der Waals surface area (Å²) >= 11 is 0. The number of hydrogen-bond donors (Lipinski definition) is 2. The second-order valence-corrected chi connectivity index (χ2v) is 8.51. The second-order valence-electron chi connectivity index (χ2n) is 8.51. The van der Waals surface area contributed by atoms with E-state index in [1.807, 2.05) is 54.6 Å². The molecule has 3 aromatic rings. The van der Waals surface area contributed by atoms with Crippen LogP contribution in [0.2, 0.25) is 0 Å².